The van der Waals surface area contributed by atoms with E-state index in [1.807, 2.05) is 36.5 Å². The third-order valence-electron chi connectivity index (χ3n) is 2.15. The number of hydrogen-bond donors (Lipinski definition) is 0. The first-order valence-corrected chi connectivity index (χ1v) is 5.34. The number of benzene rings is 1. The van der Waals surface area contributed by atoms with Gasteiger partial charge in [-0.1, -0.05) is 28.1 Å². The lowest BCUT2D eigenvalue weighted by molar-refractivity contribution is 0.415. The van der Waals surface area contributed by atoms with Crippen LogP contribution in [0, 0.1) is 0 Å². The van der Waals surface area contributed by atoms with E-state index in [0.29, 0.717) is 0 Å². The molecule has 0 saturated carbocycles. The van der Waals surface area contributed by atoms with E-state index >= 15 is 0 Å². The van der Waals surface area contributed by atoms with Crippen LogP contribution >= 0.6 is 15.9 Å². The molecule has 0 aliphatic heterocycles. The molecule has 3 heteroatoms. The van der Waals surface area contributed by atoms with Crippen LogP contribution in [0.1, 0.15) is 0 Å². The van der Waals surface area contributed by atoms with Crippen LogP contribution in [0.3, 0.4) is 0 Å². The van der Waals surface area contributed by atoms with Crippen LogP contribution in [0.25, 0.3) is 11.1 Å². The molecule has 0 aliphatic carbocycles. The molecule has 0 fully saturated rings. The van der Waals surface area contributed by atoms with Crippen molar-refractivity contribution in [2.45, 2.75) is 0 Å². The van der Waals surface area contributed by atoms with Crippen LogP contribution in [0.4, 0.5) is 0 Å². The predicted molar refractivity (Wildman–Crippen MR) is 63.9 cm³/mol. The Bertz CT molecular complexity index is 471. The molecular formula is C12H10BrNO. The summed E-state index contributed by atoms with van der Waals surface area (Å²) in [5, 5.41) is 0. The Morgan fingerprint density at radius 2 is 2.13 bits per heavy atom. The summed E-state index contributed by atoms with van der Waals surface area (Å²) in [5.41, 5.74) is 2.16. The fraction of sp³-hybridized carbons (Fsp3) is 0.0833. The SMILES string of the molecule is COc1cccc(-c2cnccc2Br)c1. The van der Waals surface area contributed by atoms with Gasteiger partial charge in [0.25, 0.3) is 0 Å². The average molecular weight is 264 g/mol. The van der Waals surface area contributed by atoms with E-state index in [9.17, 15) is 0 Å². The Kier molecular flexibility index (Phi) is 3.02. The van der Waals surface area contributed by atoms with Gasteiger partial charge in [0.05, 0.1) is 7.11 Å². The summed E-state index contributed by atoms with van der Waals surface area (Å²) in [7, 11) is 1.66. The monoisotopic (exact) mass is 263 g/mol. The lowest BCUT2D eigenvalue weighted by atomic mass is 10.1. The van der Waals surface area contributed by atoms with E-state index in [0.717, 1.165) is 21.3 Å². The Labute approximate surface area is 97.1 Å². The van der Waals surface area contributed by atoms with E-state index in [1.54, 1.807) is 13.3 Å². The minimum atomic E-state index is 0.850. The third-order valence-corrected chi connectivity index (χ3v) is 2.84. The summed E-state index contributed by atoms with van der Waals surface area (Å²) in [6.45, 7) is 0. The van der Waals surface area contributed by atoms with E-state index < -0.39 is 0 Å². The van der Waals surface area contributed by atoms with Gasteiger partial charge < -0.3 is 4.74 Å². The van der Waals surface area contributed by atoms with Crippen LogP contribution in [-0.2, 0) is 0 Å². The molecule has 1 aromatic heterocycles. The van der Waals surface area contributed by atoms with Gasteiger partial charge in [0.15, 0.2) is 0 Å². The first kappa shape index (κ1) is 10.2. The van der Waals surface area contributed by atoms with Crippen LogP contribution < -0.4 is 4.74 Å². The third kappa shape index (κ3) is 2.18. The number of rotatable bonds is 2. The van der Waals surface area contributed by atoms with Crippen molar-refractivity contribution in [3.63, 3.8) is 0 Å². The second kappa shape index (κ2) is 4.45. The number of ether oxygens (including phenoxy) is 1. The van der Waals surface area contributed by atoms with Gasteiger partial charge in [-0.15, -0.1) is 0 Å². The van der Waals surface area contributed by atoms with Crippen molar-refractivity contribution in [1.82, 2.24) is 4.98 Å². The van der Waals surface area contributed by atoms with Gasteiger partial charge in [0.2, 0.25) is 0 Å². The second-order valence-electron chi connectivity index (χ2n) is 3.09. The molecule has 0 saturated heterocycles. The summed E-state index contributed by atoms with van der Waals surface area (Å²) < 4.78 is 6.21. The first-order valence-electron chi connectivity index (χ1n) is 4.55. The molecule has 2 rings (SSSR count). The fourth-order valence-electron chi connectivity index (χ4n) is 1.38. The van der Waals surface area contributed by atoms with Crippen molar-refractivity contribution in [1.29, 1.82) is 0 Å². The highest BCUT2D eigenvalue weighted by Crippen LogP contribution is 2.29. The Morgan fingerprint density at radius 1 is 1.27 bits per heavy atom. The molecular weight excluding hydrogens is 254 g/mol. The average Bonchev–Trinajstić information content (AvgIpc) is 2.30. The highest BCUT2D eigenvalue weighted by Gasteiger charge is 2.03. The molecule has 0 spiro atoms. The zero-order valence-electron chi connectivity index (χ0n) is 8.27. The first-order chi connectivity index (χ1) is 7.31. The van der Waals surface area contributed by atoms with E-state index in [-0.39, 0.29) is 0 Å². The summed E-state index contributed by atoms with van der Waals surface area (Å²) in [6.07, 6.45) is 3.59. The molecule has 0 N–H and O–H groups in total. The molecule has 0 atom stereocenters. The summed E-state index contributed by atoms with van der Waals surface area (Å²) in [6, 6.07) is 9.84. The van der Waals surface area contributed by atoms with Gasteiger partial charge in [0, 0.05) is 22.4 Å². The molecule has 76 valence electrons. The van der Waals surface area contributed by atoms with Crippen LogP contribution in [-0.4, -0.2) is 12.1 Å². The van der Waals surface area contributed by atoms with Crippen molar-refractivity contribution >= 4 is 15.9 Å². The number of hydrogen-bond acceptors (Lipinski definition) is 2. The van der Waals surface area contributed by atoms with Gasteiger partial charge in [-0.3, -0.25) is 4.98 Å². The zero-order valence-corrected chi connectivity index (χ0v) is 9.86. The molecule has 0 amide bonds. The minimum Gasteiger partial charge on any atom is -0.497 e. The highest BCUT2D eigenvalue weighted by atomic mass is 79.9. The topological polar surface area (TPSA) is 22.1 Å². The Balaban J connectivity index is 2.49. The lowest BCUT2D eigenvalue weighted by Gasteiger charge is -2.05. The number of halogens is 1. The quantitative estimate of drug-likeness (QED) is 0.827. The van der Waals surface area contributed by atoms with Gasteiger partial charge >= 0.3 is 0 Å². The maximum atomic E-state index is 5.18. The zero-order chi connectivity index (χ0) is 10.7. The normalized spacial score (nSPS) is 10.0. The Morgan fingerprint density at radius 3 is 2.87 bits per heavy atom. The fourth-order valence-corrected chi connectivity index (χ4v) is 1.83. The van der Waals surface area contributed by atoms with Crippen molar-refractivity contribution < 1.29 is 4.74 Å². The summed E-state index contributed by atoms with van der Waals surface area (Å²) in [5.74, 6) is 0.850. The number of methoxy groups -OCH3 is 1. The molecule has 0 bridgehead atoms. The number of nitrogens with zero attached hydrogens (tertiary/aromatic N) is 1. The van der Waals surface area contributed by atoms with Gasteiger partial charge in [-0.2, -0.15) is 0 Å². The number of aromatic nitrogens is 1. The molecule has 2 nitrogen and oxygen atoms in total. The minimum absolute atomic E-state index is 0.850. The molecule has 2 aromatic rings. The maximum Gasteiger partial charge on any atom is 0.119 e. The summed E-state index contributed by atoms with van der Waals surface area (Å²) >= 11 is 3.50. The van der Waals surface area contributed by atoms with E-state index in [2.05, 4.69) is 20.9 Å². The Hall–Kier alpha value is -1.35. The van der Waals surface area contributed by atoms with Crippen LogP contribution in [0.15, 0.2) is 47.2 Å². The standard InChI is InChI=1S/C12H10BrNO/c1-15-10-4-2-3-9(7-10)11-8-14-6-5-12(11)13/h2-8H,1H3. The van der Waals surface area contributed by atoms with Crippen molar-refractivity contribution in [2.75, 3.05) is 7.11 Å². The highest BCUT2D eigenvalue weighted by molar-refractivity contribution is 9.10. The van der Waals surface area contributed by atoms with Crippen LogP contribution in [0.2, 0.25) is 0 Å². The molecule has 0 aliphatic rings. The van der Waals surface area contributed by atoms with Gasteiger partial charge in [-0.05, 0) is 23.8 Å². The van der Waals surface area contributed by atoms with Crippen molar-refractivity contribution in [3.05, 3.63) is 47.2 Å². The molecule has 0 unspecified atom stereocenters. The van der Waals surface area contributed by atoms with Crippen LogP contribution in [0.5, 0.6) is 5.75 Å². The summed E-state index contributed by atoms with van der Waals surface area (Å²) in [4.78, 5) is 4.11. The molecule has 1 aromatic carbocycles. The number of pyridine rings is 1. The lowest BCUT2D eigenvalue weighted by Crippen LogP contribution is -1.85. The molecule has 0 radical (unpaired) electrons. The predicted octanol–water partition coefficient (Wildman–Crippen LogP) is 3.52. The molecule has 1 heterocycles. The molecule has 15 heavy (non-hydrogen) atoms. The maximum absolute atomic E-state index is 5.18. The van der Waals surface area contributed by atoms with E-state index in [4.69, 9.17) is 4.74 Å². The largest absolute Gasteiger partial charge is 0.497 e. The van der Waals surface area contributed by atoms with Gasteiger partial charge in [0.1, 0.15) is 5.75 Å². The van der Waals surface area contributed by atoms with Crippen molar-refractivity contribution in [2.24, 2.45) is 0 Å². The smallest absolute Gasteiger partial charge is 0.119 e. The van der Waals surface area contributed by atoms with Gasteiger partial charge in [-0.25, -0.2) is 0 Å². The van der Waals surface area contributed by atoms with Crippen molar-refractivity contribution in [3.8, 4) is 16.9 Å². The van der Waals surface area contributed by atoms with E-state index in [1.165, 1.54) is 0 Å². The second-order valence-corrected chi connectivity index (χ2v) is 3.94.